The summed E-state index contributed by atoms with van der Waals surface area (Å²) < 4.78 is 36.2. The smallest absolute Gasteiger partial charge is 0.241 e. The van der Waals surface area contributed by atoms with Crippen molar-refractivity contribution < 1.29 is 17.6 Å². The van der Waals surface area contributed by atoms with Gasteiger partial charge < -0.3 is 5.32 Å². The molecule has 0 saturated carbocycles. The third-order valence-corrected chi connectivity index (χ3v) is 6.37. The number of fused-ring (bicyclic) bond motifs is 1. The predicted molar refractivity (Wildman–Crippen MR) is 116 cm³/mol. The molecule has 162 valence electrons. The minimum atomic E-state index is -3.78. The number of carbonyl (C=O) groups is 1. The van der Waals surface area contributed by atoms with E-state index in [1.807, 2.05) is 12.1 Å². The normalized spacial score (nSPS) is 17.5. The van der Waals surface area contributed by atoms with Crippen LogP contribution in [-0.4, -0.2) is 36.8 Å². The van der Waals surface area contributed by atoms with Crippen LogP contribution in [0.15, 0.2) is 59.5 Å². The average Bonchev–Trinajstić information content (AvgIpc) is 2.74. The number of nitrogens with zero attached hydrogens (tertiary/aromatic N) is 2. The molecule has 1 aliphatic heterocycles. The third kappa shape index (κ3) is 5.07. The highest BCUT2D eigenvalue weighted by molar-refractivity contribution is 7.89. The van der Waals surface area contributed by atoms with E-state index in [9.17, 15) is 17.6 Å². The van der Waals surface area contributed by atoms with Crippen LogP contribution in [0.2, 0.25) is 0 Å². The second kappa shape index (κ2) is 8.70. The molecular weight excluding hydrogens is 419 g/mol. The summed E-state index contributed by atoms with van der Waals surface area (Å²) in [6.07, 6.45) is 2.66. The number of benzene rings is 2. The Labute approximate surface area is 180 Å². The Morgan fingerprint density at radius 3 is 2.65 bits per heavy atom. The van der Waals surface area contributed by atoms with E-state index in [1.165, 1.54) is 36.4 Å². The molecule has 2 aromatic carbocycles. The zero-order valence-electron chi connectivity index (χ0n) is 16.8. The lowest BCUT2D eigenvalue weighted by Crippen LogP contribution is -2.46. The fourth-order valence-electron chi connectivity index (χ4n) is 3.87. The van der Waals surface area contributed by atoms with Gasteiger partial charge in [0.25, 0.3) is 0 Å². The standard InChI is InChI=1S/C22H23FN4O3S/c23-16-5-11-20-15(13-16)4-6-18(25-20)14-27-12-2-1-3-21(27)22(28)26-17-7-9-19(10-8-17)31(24,29)30/h4-11,13,21H,1-3,12,14H2,(H,26,28)(H2,24,29,30). The van der Waals surface area contributed by atoms with Gasteiger partial charge >= 0.3 is 0 Å². The summed E-state index contributed by atoms with van der Waals surface area (Å²) >= 11 is 0. The minimum absolute atomic E-state index is 0.00736. The van der Waals surface area contributed by atoms with Crippen LogP contribution in [0.3, 0.4) is 0 Å². The zero-order chi connectivity index (χ0) is 22.0. The number of rotatable bonds is 5. The van der Waals surface area contributed by atoms with E-state index in [1.54, 1.807) is 6.07 Å². The molecule has 0 spiro atoms. The largest absolute Gasteiger partial charge is 0.325 e. The predicted octanol–water partition coefficient (Wildman–Crippen LogP) is 3.01. The summed E-state index contributed by atoms with van der Waals surface area (Å²) in [4.78, 5) is 19.6. The van der Waals surface area contributed by atoms with E-state index in [-0.39, 0.29) is 22.7 Å². The van der Waals surface area contributed by atoms with Gasteiger partial charge in [0.1, 0.15) is 5.82 Å². The van der Waals surface area contributed by atoms with Crippen LogP contribution in [-0.2, 0) is 21.4 Å². The maximum atomic E-state index is 13.4. The molecule has 0 aliphatic carbocycles. The summed E-state index contributed by atoms with van der Waals surface area (Å²) in [5.74, 6) is -0.446. The Morgan fingerprint density at radius 1 is 1.13 bits per heavy atom. The molecule has 2 heterocycles. The van der Waals surface area contributed by atoms with Gasteiger partial charge in [0.05, 0.1) is 22.1 Å². The van der Waals surface area contributed by atoms with Gasteiger partial charge in [-0.05, 0) is 67.9 Å². The number of pyridine rings is 1. The molecule has 1 amide bonds. The molecule has 1 atom stereocenters. The molecule has 1 fully saturated rings. The van der Waals surface area contributed by atoms with Crippen molar-refractivity contribution in [1.82, 2.24) is 9.88 Å². The average molecular weight is 443 g/mol. The quantitative estimate of drug-likeness (QED) is 0.632. The lowest BCUT2D eigenvalue weighted by Gasteiger charge is -2.34. The SMILES string of the molecule is NS(=O)(=O)c1ccc(NC(=O)C2CCCCN2Cc2ccc3cc(F)ccc3n2)cc1. The first-order chi connectivity index (χ1) is 14.8. The number of anilines is 1. The topological polar surface area (TPSA) is 105 Å². The maximum absolute atomic E-state index is 13.4. The summed E-state index contributed by atoms with van der Waals surface area (Å²) in [6, 6.07) is 13.6. The van der Waals surface area contributed by atoms with Crippen molar-refractivity contribution >= 4 is 32.5 Å². The number of likely N-dealkylation sites (tertiary alicyclic amines) is 1. The Hall–Kier alpha value is -2.88. The highest BCUT2D eigenvalue weighted by Gasteiger charge is 2.29. The number of nitrogens with one attached hydrogen (secondary N) is 1. The second-order valence-corrected chi connectivity index (χ2v) is 9.24. The molecular formula is C22H23FN4O3S. The summed E-state index contributed by atoms with van der Waals surface area (Å²) in [6.45, 7) is 1.28. The summed E-state index contributed by atoms with van der Waals surface area (Å²) in [5.41, 5.74) is 2.04. The van der Waals surface area contributed by atoms with Gasteiger partial charge in [-0.1, -0.05) is 12.5 Å². The molecule has 1 unspecified atom stereocenters. The lowest BCUT2D eigenvalue weighted by molar-refractivity contribution is -0.122. The summed E-state index contributed by atoms with van der Waals surface area (Å²) in [7, 11) is -3.78. The number of carbonyl (C=O) groups excluding carboxylic acids is 1. The van der Waals surface area contributed by atoms with Gasteiger partial charge in [-0.25, -0.2) is 17.9 Å². The van der Waals surface area contributed by atoms with Gasteiger partial charge in [-0.2, -0.15) is 0 Å². The fourth-order valence-corrected chi connectivity index (χ4v) is 4.38. The van der Waals surface area contributed by atoms with E-state index < -0.39 is 10.0 Å². The third-order valence-electron chi connectivity index (χ3n) is 5.44. The van der Waals surface area contributed by atoms with Gasteiger partial charge in [0.15, 0.2) is 0 Å². The zero-order valence-corrected chi connectivity index (χ0v) is 17.6. The lowest BCUT2D eigenvalue weighted by atomic mass is 10.0. The van der Waals surface area contributed by atoms with Crippen molar-refractivity contribution in [3.05, 3.63) is 66.1 Å². The number of hydrogen-bond acceptors (Lipinski definition) is 5. The number of piperidine rings is 1. The number of hydrogen-bond donors (Lipinski definition) is 2. The Kier molecular flexibility index (Phi) is 5.99. The van der Waals surface area contributed by atoms with Crippen LogP contribution >= 0.6 is 0 Å². The van der Waals surface area contributed by atoms with Crippen molar-refractivity contribution in [2.45, 2.75) is 36.7 Å². The van der Waals surface area contributed by atoms with Crippen molar-refractivity contribution in [2.75, 3.05) is 11.9 Å². The number of halogens is 1. The Morgan fingerprint density at radius 2 is 1.90 bits per heavy atom. The highest BCUT2D eigenvalue weighted by atomic mass is 32.2. The van der Waals surface area contributed by atoms with Crippen molar-refractivity contribution in [3.8, 4) is 0 Å². The first-order valence-corrected chi connectivity index (χ1v) is 11.6. The number of nitrogens with two attached hydrogens (primary N) is 1. The molecule has 4 rings (SSSR count). The van der Waals surface area contributed by atoms with Gasteiger partial charge in [-0.15, -0.1) is 0 Å². The molecule has 9 heteroatoms. The number of primary sulfonamides is 1. The first kappa shape index (κ1) is 21.4. The summed E-state index contributed by atoms with van der Waals surface area (Å²) in [5, 5.41) is 8.71. The van der Waals surface area contributed by atoms with Crippen molar-refractivity contribution in [3.63, 3.8) is 0 Å². The molecule has 31 heavy (non-hydrogen) atoms. The van der Waals surface area contributed by atoms with Crippen molar-refractivity contribution in [1.29, 1.82) is 0 Å². The van der Waals surface area contributed by atoms with Gasteiger partial charge in [-0.3, -0.25) is 14.7 Å². The number of sulfonamides is 1. The minimum Gasteiger partial charge on any atom is -0.325 e. The van der Waals surface area contributed by atoms with Crippen LogP contribution in [0.25, 0.3) is 10.9 Å². The highest BCUT2D eigenvalue weighted by Crippen LogP contribution is 2.22. The molecule has 1 aliphatic rings. The number of amides is 1. The molecule has 1 aromatic heterocycles. The fraction of sp³-hybridized carbons (Fsp3) is 0.273. The van der Waals surface area contributed by atoms with E-state index >= 15 is 0 Å². The molecule has 0 bridgehead atoms. The molecule has 0 radical (unpaired) electrons. The molecule has 3 aromatic rings. The second-order valence-electron chi connectivity index (χ2n) is 7.68. The maximum Gasteiger partial charge on any atom is 0.241 e. The Balaban J connectivity index is 1.48. The van der Waals surface area contributed by atoms with Crippen LogP contribution in [0, 0.1) is 5.82 Å². The Bertz CT molecular complexity index is 1220. The van der Waals surface area contributed by atoms with Crippen LogP contribution < -0.4 is 10.5 Å². The first-order valence-electron chi connectivity index (χ1n) is 10.0. The van der Waals surface area contributed by atoms with Crippen LogP contribution in [0.1, 0.15) is 25.0 Å². The molecule has 1 saturated heterocycles. The van der Waals surface area contributed by atoms with Gasteiger partial charge in [0, 0.05) is 17.6 Å². The van der Waals surface area contributed by atoms with E-state index in [0.717, 1.165) is 36.9 Å². The monoisotopic (exact) mass is 442 g/mol. The number of aromatic nitrogens is 1. The molecule has 3 N–H and O–H groups in total. The van der Waals surface area contributed by atoms with Gasteiger partial charge in [0.2, 0.25) is 15.9 Å². The van der Waals surface area contributed by atoms with Crippen molar-refractivity contribution in [2.24, 2.45) is 5.14 Å². The van der Waals surface area contributed by atoms with Crippen LogP contribution in [0.5, 0.6) is 0 Å². The van der Waals surface area contributed by atoms with E-state index in [4.69, 9.17) is 5.14 Å². The van der Waals surface area contributed by atoms with E-state index in [2.05, 4.69) is 15.2 Å². The van der Waals surface area contributed by atoms with Crippen LogP contribution in [0.4, 0.5) is 10.1 Å². The molecule has 7 nitrogen and oxygen atoms in total. The van der Waals surface area contributed by atoms with E-state index in [0.29, 0.717) is 17.7 Å².